The summed E-state index contributed by atoms with van der Waals surface area (Å²) in [7, 11) is -3.81. The zero-order valence-corrected chi connectivity index (χ0v) is 21.2. The van der Waals surface area contributed by atoms with Gasteiger partial charge in [-0.05, 0) is 37.5 Å². The Bertz CT molecular complexity index is 1120. The normalized spacial score (nSPS) is 13.2. The fraction of sp³-hybridized carbons (Fsp3) is 0.440. The fourth-order valence-corrected chi connectivity index (χ4v) is 4.60. The van der Waals surface area contributed by atoms with Crippen LogP contribution < -0.4 is 19.1 Å². The SMILES string of the molecule is CCCCNC(=O)[C@@H](C)N(CCc1ccccc1)C(=O)CN(c1ccc2c(c1)OCO2)S(C)(=O)=O. The topological polar surface area (TPSA) is 105 Å². The van der Waals surface area contributed by atoms with Gasteiger partial charge < -0.3 is 19.7 Å². The van der Waals surface area contributed by atoms with E-state index in [0.29, 0.717) is 24.5 Å². The Morgan fingerprint density at radius 3 is 2.49 bits per heavy atom. The first kappa shape index (κ1) is 26.3. The van der Waals surface area contributed by atoms with Gasteiger partial charge in [0.15, 0.2) is 11.5 Å². The second kappa shape index (κ2) is 11.9. The summed E-state index contributed by atoms with van der Waals surface area (Å²) in [6, 6.07) is 13.6. The smallest absolute Gasteiger partial charge is 0.244 e. The van der Waals surface area contributed by atoms with Crippen molar-refractivity contribution >= 4 is 27.5 Å². The van der Waals surface area contributed by atoms with Crippen LogP contribution in [0, 0.1) is 0 Å². The van der Waals surface area contributed by atoms with Crippen LogP contribution in [-0.4, -0.2) is 63.9 Å². The van der Waals surface area contributed by atoms with E-state index in [9.17, 15) is 18.0 Å². The predicted molar refractivity (Wildman–Crippen MR) is 134 cm³/mol. The average molecular weight is 504 g/mol. The average Bonchev–Trinajstić information content (AvgIpc) is 3.30. The van der Waals surface area contributed by atoms with Crippen LogP contribution in [0.15, 0.2) is 48.5 Å². The third kappa shape index (κ3) is 7.11. The molecule has 1 N–H and O–H groups in total. The molecule has 0 saturated heterocycles. The van der Waals surface area contributed by atoms with Crippen molar-refractivity contribution in [2.24, 2.45) is 0 Å². The van der Waals surface area contributed by atoms with Crippen molar-refractivity contribution < 1.29 is 27.5 Å². The molecular weight excluding hydrogens is 470 g/mol. The van der Waals surface area contributed by atoms with E-state index in [-0.39, 0.29) is 24.9 Å². The van der Waals surface area contributed by atoms with Gasteiger partial charge in [-0.25, -0.2) is 8.42 Å². The summed E-state index contributed by atoms with van der Waals surface area (Å²) in [5, 5.41) is 2.87. The summed E-state index contributed by atoms with van der Waals surface area (Å²) < 4.78 is 37.0. The monoisotopic (exact) mass is 503 g/mol. The number of hydrogen-bond acceptors (Lipinski definition) is 6. The van der Waals surface area contributed by atoms with E-state index in [1.165, 1.54) is 11.0 Å². The first-order valence-electron chi connectivity index (χ1n) is 11.7. The molecule has 0 fully saturated rings. The fourth-order valence-electron chi connectivity index (χ4n) is 3.76. The number of carbonyl (C=O) groups is 2. The number of rotatable bonds is 12. The molecule has 0 aromatic heterocycles. The number of hydrogen-bond donors (Lipinski definition) is 1. The van der Waals surface area contributed by atoms with Crippen molar-refractivity contribution in [2.75, 3.05) is 37.0 Å². The number of nitrogens with one attached hydrogen (secondary N) is 1. The van der Waals surface area contributed by atoms with Gasteiger partial charge in [0.25, 0.3) is 0 Å². The second-order valence-electron chi connectivity index (χ2n) is 8.45. The molecule has 0 saturated carbocycles. The highest BCUT2D eigenvalue weighted by Gasteiger charge is 2.30. The zero-order chi connectivity index (χ0) is 25.4. The molecule has 0 bridgehead atoms. The summed E-state index contributed by atoms with van der Waals surface area (Å²) >= 11 is 0. The summed E-state index contributed by atoms with van der Waals surface area (Å²) in [5.74, 6) is 0.180. The second-order valence-corrected chi connectivity index (χ2v) is 10.4. The van der Waals surface area contributed by atoms with Crippen molar-refractivity contribution in [3.8, 4) is 11.5 Å². The van der Waals surface area contributed by atoms with Crippen LogP contribution in [0.25, 0.3) is 0 Å². The van der Waals surface area contributed by atoms with E-state index in [4.69, 9.17) is 9.47 Å². The highest BCUT2D eigenvalue weighted by Crippen LogP contribution is 2.36. The quantitative estimate of drug-likeness (QED) is 0.447. The number of carbonyl (C=O) groups excluding carboxylic acids is 2. The van der Waals surface area contributed by atoms with Gasteiger partial charge in [0.05, 0.1) is 11.9 Å². The molecule has 1 atom stereocenters. The van der Waals surface area contributed by atoms with E-state index in [1.807, 2.05) is 37.3 Å². The lowest BCUT2D eigenvalue weighted by atomic mass is 10.1. The van der Waals surface area contributed by atoms with Gasteiger partial charge in [-0.2, -0.15) is 0 Å². The van der Waals surface area contributed by atoms with Gasteiger partial charge in [0, 0.05) is 19.2 Å². The van der Waals surface area contributed by atoms with Crippen molar-refractivity contribution in [1.29, 1.82) is 0 Å². The summed E-state index contributed by atoms with van der Waals surface area (Å²) in [6.07, 6.45) is 3.34. The Balaban J connectivity index is 1.82. The predicted octanol–water partition coefficient (Wildman–Crippen LogP) is 2.56. The summed E-state index contributed by atoms with van der Waals surface area (Å²) in [4.78, 5) is 27.7. The minimum absolute atomic E-state index is 0.0501. The lowest BCUT2D eigenvalue weighted by Gasteiger charge is -2.31. The largest absolute Gasteiger partial charge is 0.454 e. The molecule has 2 aromatic carbocycles. The van der Waals surface area contributed by atoms with Crippen LogP contribution in [0.4, 0.5) is 5.69 Å². The zero-order valence-electron chi connectivity index (χ0n) is 20.4. The number of ether oxygens (including phenoxy) is 2. The number of fused-ring (bicyclic) bond motifs is 1. The molecule has 9 nitrogen and oxygen atoms in total. The Labute approximate surface area is 207 Å². The molecule has 10 heteroatoms. The third-order valence-electron chi connectivity index (χ3n) is 5.80. The van der Waals surface area contributed by atoms with Gasteiger partial charge in [-0.3, -0.25) is 13.9 Å². The molecule has 0 unspecified atom stereocenters. The molecule has 3 rings (SSSR count). The summed E-state index contributed by atoms with van der Waals surface area (Å²) in [5.41, 5.74) is 1.30. The van der Waals surface area contributed by atoms with Crippen molar-refractivity contribution in [3.05, 3.63) is 54.1 Å². The van der Waals surface area contributed by atoms with E-state index < -0.39 is 28.5 Å². The summed E-state index contributed by atoms with van der Waals surface area (Å²) in [6.45, 7) is 4.09. The number of amides is 2. The van der Waals surface area contributed by atoms with Gasteiger partial charge >= 0.3 is 0 Å². The highest BCUT2D eigenvalue weighted by atomic mass is 32.2. The Morgan fingerprint density at radius 1 is 1.09 bits per heavy atom. The minimum Gasteiger partial charge on any atom is -0.454 e. The van der Waals surface area contributed by atoms with Crippen molar-refractivity contribution in [2.45, 2.75) is 39.2 Å². The molecule has 1 aliphatic rings. The van der Waals surface area contributed by atoms with Gasteiger partial charge in [-0.1, -0.05) is 43.7 Å². The maximum Gasteiger partial charge on any atom is 0.244 e. The highest BCUT2D eigenvalue weighted by molar-refractivity contribution is 7.92. The maximum atomic E-state index is 13.5. The van der Waals surface area contributed by atoms with Crippen LogP contribution in [0.5, 0.6) is 11.5 Å². The molecule has 0 radical (unpaired) electrons. The van der Waals surface area contributed by atoms with Crippen LogP contribution in [0.2, 0.25) is 0 Å². The lowest BCUT2D eigenvalue weighted by Crippen LogP contribution is -2.52. The molecule has 1 heterocycles. The molecule has 190 valence electrons. The number of benzene rings is 2. The van der Waals surface area contributed by atoms with E-state index in [2.05, 4.69) is 5.32 Å². The molecular formula is C25H33N3O6S. The van der Waals surface area contributed by atoms with Gasteiger partial charge in [-0.15, -0.1) is 0 Å². The Hall–Kier alpha value is -3.27. The molecule has 1 aliphatic heterocycles. The number of unbranched alkanes of at least 4 members (excludes halogenated alkanes) is 1. The van der Waals surface area contributed by atoms with E-state index in [1.54, 1.807) is 19.1 Å². The molecule has 2 aromatic rings. The molecule has 2 amide bonds. The van der Waals surface area contributed by atoms with E-state index >= 15 is 0 Å². The van der Waals surface area contributed by atoms with Crippen molar-refractivity contribution in [3.63, 3.8) is 0 Å². The Kier molecular flexibility index (Phi) is 8.97. The first-order chi connectivity index (χ1) is 16.7. The van der Waals surface area contributed by atoms with Crippen LogP contribution in [0.3, 0.4) is 0 Å². The minimum atomic E-state index is -3.81. The van der Waals surface area contributed by atoms with Crippen LogP contribution >= 0.6 is 0 Å². The number of anilines is 1. The van der Waals surface area contributed by atoms with Gasteiger partial charge in [0.1, 0.15) is 12.6 Å². The molecule has 35 heavy (non-hydrogen) atoms. The standard InChI is InChI=1S/C25H33N3O6S/c1-4-5-14-26-25(30)19(2)27(15-13-20-9-7-6-8-10-20)24(29)17-28(35(3,31)32)21-11-12-22-23(16-21)34-18-33-22/h6-12,16,19H,4-5,13-15,17-18H2,1-3H3,(H,26,30)/t19-/m1/s1. The maximum absolute atomic E-state index is 13.5. The van der Waals surface area contributed by atoms with Crippen LogP contribution in [0.1, 0.15) is 32.3 Å². The molecule has 0 spiro atoms. The first-order valence-corrected chi connectivity index (χ1v) is 13.5. The molecule has 0 aliphatic carbocycles. The number of sulfonamides is 1. The van der Waals surface area contributed by atoms with Gasteiger partial charge in [0.2, 0.25) is 28.6 Å². The van der Waals surface area contributed by atoms with E-state index in [0.717, 1.165) is 29.0 Å². The van der Waals surface area contributed by atoms with Crippen molar-refractivity contribution in [1.82, 2.24) is 10.2 Å². The Morgan fingerprint density at radius 2 is 1.80 bits per heavy atom. The lowest BCUT2D eigenvalue weighted by molar-refractivity contribution is -0.138. The van der Waals surface area contributed by atoms with Crippen LogP contribution in [-0.2, 0) is 26.0 Å². The number of nitrogens with zero attached hydrogens (tertiary/aromatic N) is 2. The third-order valence-corrected chi connectivity index (χ3v) is 6.94.